The fraction of sp³-hybridized carbons (Fsp3) is 0.167. The Bertz CT molecular complexity index is 509. The second kappa shape index (κ2) is 6.45. The molecule has 3 N–H and O–H groups in total. The molecule has 1 rings (SSSR count). The van der Waals surface area contributed by atoms with Crippen LogP contribution in [0.25, 0.3) is 0 Å². The van der Waals surface area contributed by atoms with Crippen LogP contribution in [0, 0.1) is 0 Å². The highest BCUT2D eigenvalue weighted by molar-refractivity contribution is 6.39. The summed E-state index contributed by atoms with van der Waals surface area (Å²) in [5, 5.41) is 9.05. The molecule has 1 aromatic carbocycles. The van der Waals surface area contributed by atoms with E-state index in [0.717, 1.165) is 4.90 Å². The van der Waals surface area contributed by atoms with Crippen LogP contribution in [0.15, 0.2) is 24.8 Å². The molecule has 0 unspecified atom stereocenters. The number of amides is 1. The van der Waals surface area contributed by atoms with E-state index >= 15 is 0 Å². The summed E-state index contributed by atoms with van der Waals surface area (Å²) in [6.45, 7) is 3.14. The van der Waals surface area contributed by atoms with E-state index in [2.05, 4.69) is 6.58 Å². The normalized spacial score (nSPS) is 10.0. The molecule has 0 aliphatic rings. The van der Waals surface area contributed by atoms with Gasteiger partial charge >= 0.3 is 5.97 Å². The zero-order chi connectivity index (χ0) is 14.6. The van der Waals surface area contributed by atoms with Crippen molar-refractivity contribution in [3.05, 3.63) is 40.4 Å². The van der Waals surface area contributed by atoms with Crippen molar-refractivity contribution in [2.75, 3.05) is 18.8 Å². The monoisotopic (exact) mass is 302 g/mol. The Morgan fingerprint density at radius 3 is 2.32 bits per heavy atom. The molecule has 7 heteroatoms. The Hall–Kier alpha value is -1.72. The van der Waals surface area contributed by atoms with E-state index in [9.17, 15) is 9.59 Å². The van der Waals surface area contributed by atoms with Crippen LogP contribution < -0.4 is 5.73 Å². The van der Waals surface area contributed by atoms with Crippen LogP contribution in [0.1, 0.15) is 10.4 Å². The van der Waals surface area contributed by atoms with Gasteiger partial charge in [0.15, 0.2) is 0 Å². The molecule has 102 valence electrons. The van der Waals surface area contributed by atoms with Crippen molar-refractivity contribution in [3.8, 4) is 0 Å². The fourth-order valence-electron chi connectivity index (χ4n) is 1.43. The number of hydrogen-bond acceptors (Lipinski definition) is 3. The predicted molar refractivity (Wildman–Crippen MR) is 74.6 cm³/mol. The molecule has 0 saturated carbocycles. The van der Waals surface area contributed by atoms with Crippen molar-refractivity contribution in [2.45, 2.75) is 0 Å². The number of anilines is 1. The number of carboxylic acid groups (broad SMARTS) is 1. The van der Waals surface area contributed by atoms with Gasteiger partial charge in [-0.15, -0.1) is 6.58 Å². The quantitative estimate of drug-likeness (QED) is 0.645. The van der Waals surface area contributed by atoms with Gasteiger partial charge in [-0.25, -0.2) is 0 Å². The lowest BCUT2D eigenvalue weighted by Gasteiger charge is -2.19. The molecule has 5 nitrogen and oxygen atoms in total. The van der Waals surface area contributed by atoms with E-state index < -0.39 is 18.4 Å². The molecule has 1 aromatic rings. The maximum absolute atomic E-state index is 12.1. The minimum Gasteiger partial charge on any atom is -0.480 e. The van der Waals surface area contributed by atoms with Gasteiger partial charge in [-0.05, 0) is 12.1 Å². The lowest BCUT2D eigenvalue weighted by Crippen LogP contribution is -2.35. The molecule has 0 aliphatic heterocycles. The van der Waals surface area contributed by atoms with E-state index in [4.69, 9.17) is 34.0 Å². The molecule has 0 aliphatic carbocycles. The number of benzene rings is 1. The van der Waals surface area contributed by atoms with E-state index in [1.165, 1.54) is 18.2 Å². The zero-order valence-electron chi connectivity index (χ0n) is 9.90. The SMILES string of the molecule is C=CCN(CC(=O)O)C(=O)c1cc(Cl)c(N)c(Cl)c1. The summed E-state index contributed by atoms with van der Waals surface area (Å²) in [5.41, 5.74) is 5.92. The number of nitrogens with two attached hydrogens (primary N) is 1. The van der Waals surface area contributed by atoms with E-state index in [-0.39, 0.29) is 27.8 Å². The van der Waals surface area contributed by atoms with Gasteiger partial charge in [-0.1, -0.05) is 29.3 Å². The minimum absolute atomic E-state index is 0.102. The summed E-state index contributed by atoms with van der Waals surface area (Å²) in [4.78, 5) is 24.0. The number of carbonyl (C=O) groups is 2. The lowest BCUT2D eigenvalue weighted by molar-refractivity contribution is -0.137. The largest absolute Gasteiger partial charge is 0.480 e. The molecule has 0 heterocycles. The third-order valence-electron chi connectivity index (χ3n) is 2.29. The molecule has 1 amide bonds. The highest BCUT2D eigenvalue weighted by Crippen LogP contribution is 2.29. The third-order valence-corrected chi connectivity index (χ3v) is 2.91. The zero-order valence-corrected chi connectivity index (χ0v) is 11.4. The minimum atomic E-state index is -1.12. The summed E-state index contributed by atoms with van der Waals surface area (Å²) in [6.07, 6.45) is 1.43. The van der Waals surface area contributed by atoms with Crippen molar-refractivity contribution in [3.63, 3.8) is 0 Å². The molecular formula is C12H12Cl2N2O3. The van der Waals surface area contributed by atoms with Gasteiger partial charge in [0.05, 0.1) is 15.7 Å². The summed E-state index contributed by atoms with van der Waals surface area (Å²) < 4.78 is 0. The van der Waals surface area contributed by atoms with Crippen molar-refractivity contribution in [1.29, 1.82) is 0 Å². The molecule has 0 radical (unpaired) electrons. The second-order valence-corrected chi connectivity index (χ2v) is 4.54. The van der Waals surface area contributed by atoms with Crippen molar-refractivity contribution >= 4 is 40.8 Å². The van der Waals surface area contributed by atoms with Crippen LogP contribution in [0.3, 0.4) is 0 Å². The van der Waals surface area contributed by atoms with Gasteiger partial charge in [-0.2, -0.15) is 0 Å². The first kappa shape index (κ1) is 15.3. The first-order valence-corrected chi connectivity index (χ1v) is 5.99. The summed E-state index contributed by atoms with van der Waals surface area (Å²) in [6, 6.07) is 2.70. The smallest absolute Gasteiger partial charge is 0.323 e. The summed E-state index contributed by atoms with van der Waals surface area (Å²) in [7, 11) is 0. The molecule has 19 heavy (non-hydrogen) atoms. The van der Waals surface area contributed by atoms with Gasteiger partial charge in [0.25, 0.3) is 5.91 Å². The third kappa shape index (κ3) is 3.87. The Labute approximate surface area is 120 Å². The van der Waals surface area contributed by atoms with Crippen LogP contribution in [0.4, 0.5) is 5.69 Å². The van der Waals surface area contributed by atoms with Crippen LogP contribution in [-0.4, -0.2) is 35.0 Å². The maximum atomic E-state index is 12.1. The topological polar surface area (TPSA) is 83.6 Å². The van der Waals surface area contributed by atoms with Crippen molar-refractivity contribution in [2.24, 2.45) is 0 Å². The molecule has 0 atom stereocenters. The van der Waals surface area contributed by atoms with Gasteiger partial charge in [-0.3, -0.25) is 9.59 Å². The summed E-state index contributed by atoms with van der Waals surface area (Å²) in [5.74, 6) is -1.63. The number of nitrogens with zero attached hydrogens (tertiary/aromatic N) is 1. The fourth-order valence-corrected chi connectivity index (χ4v) is 1.92. The molecule has 0 bridgehead atoms. The predicted octanol–water partition coefficient (Wildman–Crippen LogP) is 2.29. The van der Waals surface area contributed by atoms with Gasteiger partial charge in [0.2, 0.25) is 0 Å². The van der Waals surface area contributed by atoms with E-state index in [1.54, 1.807) is 0 Å². The van der Waals surface area contributed by atoms with E-state index in [0.29, 0.717) is 0 Å². The number of rotatable bonds is 5. The average Bonchev–Trinajstić information content (AvgIpc) is 2.33. The Kier molecular flexibility index (Phi) is 5.20. The molecule has 0 saturated heterocycles. The average molecular weight is 303 g/mol. The first-order chi connectivity index (χ1) is 8.86. The number of nitrogen functional groups attached to an aromatic ring is 1. The van der Waals surface area contributed by atoms with Crippen molar-refractivity contribution in [1.82, 2.24) is 4.90 Å². The number of aliphatic carboxylic acids is 1. The first-order valence-electron chi connectivity index (χ1n) is 5.23. The van der Waals surface area contributed by atoms with Crippen LogP contribution in [0.2, 0.25) is 10.0 Å². The highest BCUT2D eigenvalue weighted by atomic mass is 35.5. The van der Waals surface area contributed by atoms with Crippen molar-refractivity contribution < 1.29 is 14.7 Å². The van der Waals surface area contributed by atoms with E-state index in [1.807, 2.05) is 0 Å². The van der Waals surface area contributed by atoms with Gasteiger partial charge in [0, 0.05) is 12.1 Å². The molecule has 0 fully saturated rings. The summed E-state index contributed by atoms with van der Waals surface area (Å²) >= 11 is 11.7. The van der Waals surface area contributed by atoms with Crippen LogP contribution >= 0.6 is 23.2 Å². The number of carbonyl (C=O) groups excluding carboxylic acids is 1. The Balaban J connectivity index is 3.08. The Morgan fingerprint density at radius 2 is 1.89 bits per heavy atom. The number of halogens is 2. The highest BCUT2D eigenvalue weighted by Gasteiger charge is 2.19. The molecule has 0 spiro atoms. The maximum Gasteiger partial charge on any atom is 0.323 e. The van der Waals surface area contributed by atoms with Gasteiger partial charge < -0.3 is 15.7 Å². The molecule has 0 aromatic heterocycles. The second-order valence-electron chi connectivity index (χ2n) is 3.72. The molecular weight excluding hydrogens is 291 g/mol. The Morgan fingerprint density at radius 1 is 1.37 bits per heavy atom. The van der Waals surface area contributed by atoms with Crippen LogP contribution in [-0.2, 0) is 4.79 Å². The van der Waals surface area contributed by atoms with Gasteiger partial charge in [0.1, 0.15) is 6.54 Å². The number of carboxylic acids is 1. The standard InChI is InChI=1S/C12H12Cl2N2O3/c1-2-3-16(6-10(17)18)12(19)7-4-8(13)11(15)9(14)5-7/h2,4-5H,1,3,6,15H2,(H,17,18). The lowest BCUT2D eigenvalue weighted by atomic mass is 10.1. The van der Waals surface area contributed by atoms with Crippen LogP contribution in [0.5, 0.6) is 0 Å². The number of hydrogen-bond donors (Lipinski definition) is 2.